The maximum absolute atomic E-state index is 13.8. The molecule has 1 aliphatic rings. The van der Waals surface area contributed by atoms with Crippen molar-refractivity contribution < 1.29 is 18.0 Å². The molecule has 26 heavy (non-hydrogen) atoms. The van der Waals surface area contributed by atoms with Gasteiger partial charge in [0.15, 0.2) is 5.78 Å². The summed E-state index contributed by atoms with van der Waals surface area (Å²) < 4.78 is 41.3. The van der Waals surface area contributed by atoms with Gasteiger partial charge in [-0.2, -0.15) is 18.3 Å². The van der Waals surface area contributed by atoms with E-state index in [9.17, 15) is 18.0 Å². The molecule has 0 saturated carbocycles. The third kappa shape index (κ3) is 3.73. The number of nitrogens with one attached hydrogen (secondary N) is 1. The average Bonchev–Trinajstić information content (AvgIpc) is 3.01. The van der Waals surface area contributed by atoms with Gasteiger partial charge >= 0.3 is 6.18 Å². The van der Waals surface area contributed by atoms with Gasteiger partial charge in [0.25, 0.3) is 0 Å². The molecular weight excluding hydrogens is 385 g/mol. The molecule has 2 aromatic carbocycles. The normalized spacial score (nSPS) is 19.8. The van der Waals surface area contributed by atoms with E-state index in [1.165, 1.54) is 24.3 Å². The number of hydrogen-bond donors (Lipinski definition) is 1. The summed E-state index contributed by atoms with van der Waals surface area (Å²) in [7, 11) is 0. The van der Waals surface area contributed by atoms with Crippen LogP contribution in [0.5, 0.6) is 0 Å². The molecule has 0 aromatic heterocycles. The topological polar surface area (TPSA) is 41.5 Å². The molecule has 0 bridgehead atoms. The van der Waals surface area contributed by atoms with Crippen LogP contribution in [0, 0.1) is 6.92 Å². The highest BCUT2D eigenvalue weighted by atomic mass is 35.5. The molecule has 2 aromatic rings. The Morgan fingerprint density at radius 2 is 1.77 bits per heavy atom. The molecule has 0 amide bonds. The lowest BCUT2D eigenvalue weighted by molar-refractivity contribution is -0.165. The van der Waals surface area contributed by atoms with Crippen LogP contribution in [0.25, 0.3) is 0 Å². The number of carbonyl (C=O) groups is 1. The zero-order chi connectivity index (χ0) is 18.9. The Morgan fingerprint density at radius 3 is 2.35 bits per heavy atom. The molecule has 1 aliphatic heterocycles. The number of Topliss-reactive ketones (excluding diaryl/α,β-unsaturated/α-hetero) is 1. The van der Waals surface area contributed by atoms with Crippen LogP contribution in [-0.2, 0) is 0 Å². The van der Waals surface area contributed by atoms with Crippen LogP contribution in [0.4, 0.5) is 13.2 Å². The van der Waals surface area contributed by atoms with Gasteiger partial charge in [-0.25, -0.2) is 0 Å². The highest BCUT2D eigenvalue weighted by Gasteiger charge is 2.60. The first-order valence-electron chi connectivity index (χ1n) is 7.67. The van der Waals surface area contributed by atoms with E-state index in [0.29, 0.717) is 22.3 Å². The quantitative estimate of drug-likeness (QED) is 0.722. The van der Waals surface area contributed by atoms with Crippen LogP contribution in [0.2, 0.25) is 5.02 Å². The fraction of sp³-hybridized carbons (Fsp3) is 0.222. The Hall–Kier alpha value is -1.99. The number of ketones is 1. The summed E-state index contributed by atoms with van der Waals surface area (Å²) in [5.74, 6) is -0.639. The SMILES string of the molecule is Cc1ccc(C2=NN[C@@](CC(=O)c3ccc(Cl)cc3)(C(F)(F)F)S2)cc1. The molecule has 3 rings (SSSR count). The summed E-state index contributed by atoms with van der Waals surface area (Å²) in [4.78, 5) is 9.91. The highest BCUT2D eigenvalue weighted by Crippen LogP contribution is 2.47. The number of hydrazone groups is 1. The Bertz CT molecular complexity index is 850. The maximum Gasteiger partial charge on any atom is 0.423 e. The maximum atomic E-state index is 13.8. The van der Waals surface area contributed by atoms with Crippen LogP contribution in [0.15, 0.2) is 53.6 Å². The first kappa shape index (κ1) is 18.8. The van der Waals surface area contributed by atoms with E-state index in [1.807, 2.05) is 6.92 Å². The molecule has 0 unspecified atom stereocenters. The molecule has 8 heteroatoms. The highest BCUT2D eigenvalue weighted by molar-refractivity contribution is 8.15. The molecule has 1 heterocycles. The number of nitrogens with zero attached hydrogens (tertiary/aromatic N) is 1. The van der Waals surface area contributed by atoms with Crippen molar-refractivity contribution in [3.63, 3.8) is 0 Å². The average molecular weight is 399 g/mol. The molecule has 136 valence electrons. The minimum absolute atomic E-state index is 0.171. The first-order chi connectivity index (χ1) is 12.2. The number of rotatable bonds is 4. The van der Waals surface area contributed by atoms with Gasteiger partial charge in [0, 0.05) is 16.1 Å². The number of aryl methyl sites for hydroxylation is 1. The van der Waals surface area contributed by atoms with Crippen molar-refractivity contribution in [2.45, 2.75) is 24.4 Å². The number of carbonyl (C=O) groups excluding carboxylic acids is 1. The molecule has 0 spiro atoms. The van der Waals surface area contributed by atoms with E-state index in [-0.39, 0.29) is 10.6 Å². The summed E-state index contributed by atoms with van der Waals surface area (Å²) in [6, 6.07) is 12.8. The molecule has 1 atom stereocenters. The van der Waals surface area contributed by atoms with Crippen molar-refractivity contribution in [3.8, 4) is 0 Å². The summed E-state index contributed by atoms with van der Waals surface area (Å²) in [6.07, 6.45) is -5.45. The fourth-order valence-corrected chi connectivity index (χ4v) is 3.64. The Balaban J connectivity index is 1.84. The predicted molar refractivity (Wildman–Crippen MR) is 97.6 cm³/mol. The minimum Gasteiger partial charge on any atom is -0.294 e. The third-order valence-electron chi connectivity index (χ3n) is 3.94. The van der Waals surface area contributed by atoms with Crippen molar-refractivity contribution in [2.75, 3.05) is 0 Å². The van der Waals surface area contributed by atoms with Gasteiger partial charge in [-0.3, -0.25) is 10.2 Å². The smallest absolute Gasteiger partial charge is 0.294 e. The van der Waals surface area contributed by atoms with Gasteiger partial charge in [-0.05, 0) is 31.2 Å². The van der Waals surface area contributed by atoms with Crippen molar-refractivity contribution >= 4 is 34.2 Å². The number of alkyl halides is 3. The van der Waals surface area contributed by atoms with Gasteiger partial charge in [0.05, 0.1) is 6.42 Å². The van der Waals surface area contributed by atoms with E-state index in [0.717, 1.165) is 5.56 Å². The zero-order valence-corrected chi connectivity index (χ0v) is 15.2. The van der Waals surface area contributed by atoms with Crippen LogP contribution in [-0.4, -0.2) is 21.9 Å². The number of thioether (sulfide) groups is 1. The molecule has 0 radical (unpaired) electrons. The van der Waals surface area contributed by atoms with Gasteiger partial charge in [-0.1, -0.05) is 53.2 Å². The van der Waals surface area contributed by atoms with Crippen LogP contribution >= 0.6 is 23.4 Å². The largest absolute Gasteiger partial charge is 0.423 e. The Morgan fingerprint density at radius 1 is 1.15 bits per heavy atom. The van der Waals surface area contributed by atoms with Crippen molar-refractivity contribution in [3.05, 3.63) is 70.2 Å². The monoisotopic (exact) mass is 398 g/mol. The molecule has 1 N–H and O–H groups in total. The zero-order valence-electron chi connectivity index (χ0n) is 13.6. The predicted octanol–water partition coefficient (Wildman–Crippen LogP) is 5.18. The molecule has 0 aliphatic carbocycles. The Kier molecular flexibility index (Phi) is 5.03. The van der Waals surface area contributed by atoms with E-state index in [4.69, 9.17) is 11.6 Å². The van der Waals surface area contributed by atoms with Gasteiger partial charge in [-0.15, -0.1) is 0 Å². The second-order valence-corrected chi connectivity index (χ2v) is 7.65. The van der Waals surface area contributed by atoms with Crippen LogP contribution in [0.3, 0.4) is 0 Å². The minimum atomic E-state index is -4.67. The summed E-state index contributed by atoms with van der Waals surface area (Å²) in [6.45, 7) is 1.89. The second-order valence-electron chi connectivity index (χ2n) is 5.93. The van der Waals surface area contributed by atoms with Crippen molar-refractivity contribution in [1.82, 2.24) is 5.43 Å². The molecule has 3 nitrogen and oxygen atoms in total. The van der Waals surface area contributed by atoms with E-state index in [2.05, 4.69) is 10.5 Å². The van der Waals surface area contributed by atoms with Gasteiger partial charge in [0.2, 0.25) is 4.87 Å². The van der Waals surface area contributed by atoms with E-state index < -0.39 is 23.3 Å². The van der Waals surface area contributed by atoms with E-state index in [1.54, 1.807) is 24.3 Å². The fourth-order valence-electron chi connectivity index (χ4n) is 2.43. The Labute approximate surface area is 157 Å². The van der Waals surface area contributed by atoms with Crippen molar-refractivity contribution in [2.24, 2.45) is 5.10 Å². The van der Waals surface area contributed by atoms with Gasteiger partial charge < -0.3 is 0 Å². The summed E-state index contributed by atoms with van der Waals surface area (Å²) >= 11 is 6.28. The molecule has 0 saturated heterocycles. The summed E-state index contributed by atoms with van der Waals surface area (Å²) in [5, 5.41) is 4.46. The molecular formula is C18H14ClF3N2OS. The number of benzene rings is 2. The summed E-state index contributed by atoms with van der Waals surface area (Å²) in [5.41, 5.74) is 3.89. The third-order valence-corrected chi connectivity index (χ3v) is 5.53. The lowest BCUT2D eigenvalue weighted by Gasteiger charge is -2.29. The second kappa shape index (κ2) is 6.96. The van der Waals surface area contributed by atoms with Gasteiger partial charge in [0.1, 0.15) is 5.04 Å². The van der Waals surface area contributed by atoms with Crippen molar-refractivity contribution in [1.29, 1.82) is 0 Å². The molecule has 0 fully saturated rings. The van der Waals surface area contributed by atoms with Crippen LogP contribution < -0.4 is 5.43 Å². The van der Waals surface area contributed by atoms with Crippen LogP contribution in [0.1, 0.15) is 27.9 Å². The first-order valence-corrected chi connectivity index (χ1v) is 8.86. The lowest BCUT2D eigenvalue weighted by atomic mass is 10.0. The number of hydrogen-bond acceptors (Lipinski definition) is 4. The standard InChI is InChI=1S/C18H14ClF3N2OS/c1-11-2-4-13(5-3-11)16-23-24-17(26-16,18(20,21)22)10-15(25)12-6-8-14(19)9-7-12/h2-9,24H,10H2,1H3/t17-/m1/s1. The lowest BCUT2D eigenvalue weighted by Crippen LogP contribution is -2.51. The number of halogens is 4. The van der Waals surface area contributed by atoms with E-state index >= 15 is 0 Å².